The molecule has 2 amide bonds. The quantitative estimate of drug-likeness (QED) is 0.891. The van der Waals surface area contributed by atoms with Gasteiger partial charge in [-0.25, -0.2) is 0 Å². The molecular formula is C19H26N2O3. The lowest BCUT2D eigenvalue weighted by molar-refractivity contribution is -0.144. The third-order valence-electron chi connectivity index (χ3n) is 5.28. The van der Waals surface area contributed by atoms with Crippen molar-refractivity contribution in [1.82, 2.24) is 9.80 Å². The maximum atomic E-state index is 12.6. The van der Waals surface area contributed by atoms with Gasteiger partial charge in [-0.3, -0.25) is 9.59 Å². The average Bonchev–Trinajstić information content (AvgIpc) is 3.38. The Labute approximate surface area is 143 Å². The van der Waals surface area contributed by atoms with Gasteiger partial charge in [-0.15, -0.1) is 0 Å². The van der Waals surface area contributed by atoms with Crippen LogP contribution in [0.2, 0.25) is 0 Å². The van der Waals surface area contributed by atoms with Gasteiger partial charge in [-0.2, -0.15) is 0 Å². The molecule has 3 rings (SSSR count). The number of carbonyl (C=O) groups excluding carboxylic acids is 2. The summed E-state index contributed by atoms with van der Waals surface area (Å²) in [5.74, 6) is -0.363. The van der Waals surface area contributed by atoms with Gasteiger partial charge in [-0.05, 0) is 37.7 Å². The molecule has 1 atom stereocenters. The van der Waals surface area contributed by atoms with E-state index in [0.717, 1.165) is 25.7 Å². The van der Waals surface area contributed by atoms with Crippen molar-refractivity contribution in [1.29, 1.82) is 0 Å². The van der Waals surface area contributed by atoms with E-state index < -0.39 is 6.10 Å². The van der Waals surface area contributed by atoms with Crippen molar-refractivity contribution in [2.45, 2.75) is 43.6 Å². The number of carbonyl (C=O) groups is 2. The number of nitrogens with zero attached hydrogens (tertiary/aromatic N) is 2. The van der Waals surface area contributed by atoms with Crippen LogP contribution in [0.25, 0.3) is 0 Å². The van der Waals surface area contributed by atoms with E-state index >= 15 is 0 Å². The second kappa shape index (κ2) is 6.93. The number of likely N-dealkylation sites (tertiary alicyclic amines) is 1. The van der Waals surface area contributed by atoms with Crippen LogP contribution in [0.1, 0.15) is 37.7 Å². The van der Waals surface area contributed by atoms with E-state index in [1.807, 2.05) is 25.2 Å². The zero-order valence-electron chi connectivity index (χ0n) is 14.3. The molecular weight excluding hydrogens is 304 g/mol. The maximum absolute atomic E-state index is 12.6. The Morgan fingerprint density at radius 1 is 1.29 bits per heavy atom. The zero-order chi connectivity index (χ0) is 17.2. The van der Waals surface area contributed by atoms with Gasteiger partial charge < -0.3 is 14.9 Å². The fourth-order valence-electron chi connectivity index (χ4n) is 3.55. The summed E-state index contributed by atoms with van der Waals surface area (Å²) in [5, 5.41) is 9.81. The largest absolute Gasteiger partial charge is 0.383 e. The van der Waals surface area contributed by atoms with E-state index in [1.165, 1.54) is 10.5 Å². The van der Waals surface area contributed by atoms with Gasteiger partial charge in [0, 0.05) is 25.6 Å². The second-order valence-electron chi connectivity index (χ2n) is 7.17. The minimum atomic E-state index is -0.954. The second-order valence-corrected chi connectivity index (χ2v) is 7.17. The number of amides is 2. The summed E-state index contributed by atoms with van der Waals surface area (Å²) in [6, 6.07) is 10.3. The lowest BCUT2D eigenvalue weighted by atomic mass is 9.95. The van der Waals surface area contributed by atoms with Crippen molar-refractivity contribution < 1.29 is 14.7 Å². The van der Waals surface area contributed by atoms with Gasteiger partial charge in [0.15, 0.2) is 0 Å². The molecule has 24 heavy (non-hydrogen) atoms. The number of benzene rings is 1. The molecule has 0 aromatic heterocycles. The topological polar surface area (TPSA) is 60.9 Å². The van der Waals surface area contributed by atoms with Gasteiger partial charge in [0.25, 0.3) is 5.91 Å². The summed E-state index contributed by atoms with van der Waals surface area (Å²) < 4.78 is 0. The number of aliphatic hydroxyl groups is 1. The normalized spacial score (nSPS) is 22.8. The van der Waals surface area contributed by atoms with Crippen LogP contribution in [-0.2, 0) is 15.0 Å². The van der Waals surface area contributed by atoms with Crippen LogP contribution in [0.5, 0.6) is 0 Å². The van der Waals surface area contributed by atoms with Crippen LogP contribution in [0.15, 0.2) is 30.3 Å². The van der Waals surface area contributed by atoms with Crippen molar-refractivity contribution in [3.05, 3.63) is 35.9 Å². The molecule has 0 spiro atoms. The van der Waals surface area contributed by atoms with Gasteiger partial charge in [0.1, 0.15) is 6.10 Å². The zero-order valence-corrected chi connectivity index (χ0v) is 14.3. The Bertz CT molecular complexity index is 598. The lowest BCUT2D eigenvalue weighted by Crippen LogP contribution is -2.46. The predicted octanol–water partition coefficient (Wildman–Crippen LogP) is 1.55. The summed E-state index contributed by atoms with van der Waals surface area (Å²) in [6.07, 6.45) is 3.39. The summed E-state index contributed by atoms with van der Waals surface area (Å²) in [7, 11) is 1.81. The van der Waals surface area contributed by atoms with E-state index in [-0.39, 0.29) is 23.8 Å². The first-order chi connectivity index (χ1) is 11.5. The monoisotopic (exact) mass is 330 g/mol. The molecule has 2 fully saturated rings. The summed E-state index contributed by atoms with van der Waals surface area (Å²) in [4.78, 5) is 27.9. The molecule has 2 aliphatic rings. The molecule has 0 radical (unpaired) electrons. The average molecular weight is 330 g/mol. The molecule has 1 aromatic rings. The number of rotatable bonds is 5. The van der Waals surface area contributed by atoms with E-state index in [1.54, 1.807) is 4.90 Å². The van der Waals surface area contributed by atoms with Gasteiger partial charge in [0.2, 0.25) is 5.91 Å². The van der Waals surface area contributed by atoms with E-state index in [9.17, 15) is 14.7 Å². The summed E-state index contributed by atoms with van der Waals surface area (Å²) >= 11 is 0. The van der Waals surface area contributed by atoms with E-state index in [2.05, 4.69) is 12.1 Å². The SMILES string of the molecule is CN(CC1(c2ccccc2)CC1)C(=O)CN1CCCCC(O)C1=O. The van der Waals surface area contributed by atoms with E-state index in [0.29, 0.717) is 19.5 Å². The third kappa shape index (κ3) is 3.61. The van der Waals surface area contributed by atoms with Gasteiger partial charge in [0.05, 0.1) is 6.54 Å². The highest BCUT2D eigenvalue weighted by Crippen LogP contribution is 2.48. The van der Waals surface area contributed by atoms with Crippen LogP contribution in [0.4, 0.5) is 0 Å². The van der Waals surface area contributed by atoms with Crippen molar-refractivity contribution in [2.75, 3.05) is 26.7 Å². The maximum Gasteiger partial charge on any atom is 0.251 e. The molecule has 0 bridgehead atoms. The summed E-state index contributed by atoms with van der Waals surface area (Å²) in [5.41, 5.74) is 1.36. The van der Waals surface area contributed by atoms with Crippen molar-refractivity contribution in [3.8, 4) is 0 Å². The molecule has 5 nitrogen and oxygen atoms in total. The van der Waals surface area contributed by atoms with E-state index in [4.69, 9.17) is 0 Å². The number of hydrogen-bond donors (Lipinski definition) is 1. The first-order valence-corrected chi connectivity index (χ1v) is 8.78. The molecule has 1 aliphatic heterocycles. The molecule has 1 N–H and O–H groups in total. The molecule has 1 heterocycles. The smallest absolute Gasteiger partial charge is 0.251 e. The summed E-state index contributed by atoms with van der Waals surface area (Å²) in [6.45, 7) is 1.30. The first-order valence-electron chi connectivity index (χ1n) is 8.78. The molecule has 1 aliphatic carbocycles. The standard InChI is InChI=1S/C19H26N2O3/c1-20(14-19(10-11-19)15-7-3-2-4-8-15)17(23)13-21-12-6-5-9-16(22)18(21)24/h2-4,7-8,16,22H,5-6,9-14H2,1H3. The fourth-order valence-corrected chi connectivity index (χ4v) is 3.55. The Morgan fingerprint density at radius 2 is 2.00 bits per heavy atom. The molecule has 130 valence electrons. The predicted molar refractivity (Wildman–Crippen MR) is 91.4 cm³/mol. The highest BCUT2D eigenvalue weighted by atomic mass is 16.3. The molecule has 1 unspecified atom stereocenters. The fraction of sp³-hybridized carbons (Fsp3) is 0.579. The Hall–Kier alpha value is -1.88. The van der Waals surface area contributed by atoms with Gasteiger partial charge >= 0.3 is 0 Å². The first kappa shape index (κ1) is 17.0. The van der Waals surface area contributed by atoms with Crippen LogP contribution in [-0.4, -0.2) is 59.5 Å². The van der Waals surface area contributed by atoms with Crippen molar-refractivity contribution >= 4 is 11.8 Å². The number of hydrogen-bond acceptors (Lipinski definition) is 3. The molecule has 1 saturated heterocycles. The van der Waals surface area contributed by atoms with Crippen LogP contribution < -0.4 is 0 Å². The highest BCUT2D eigenvalue weighted by molar-refractivity contribution is 5.87. The van der Waals surface area contributed by atoms with Gasteiger partial charge in [-0.1, -0.05) is 30.3 Å². The Kier molecular flexibility index (Phi) is 4.90. The lowest BCUT2D eigenvalue weighted by Gasteiger charge is -2.28. The highest BCUT2D eigenvalue weighted by Gasteiger charge is 2.45. The van der Waals surface area contributed by atoms with Crippen molar-refractivity contribution in [2.24, 2.45) is 0 Å². The molecule has 1 saturated carbocycles. The Balaban J connectivity index is 1.60. The third-order valence-corrected chi connectivity index (χ3v) is 5.28. The van der Waals surface area contributed by atoms with Crippen LogP contribution in [0.3, 0.4) is 0 Å². The van der Waals surface area contributed by atoms with Crippen LogP contribution in [0, 0.1) is 0 Å². The number of aliphatic hydroxyl groups excluding tert-OH is 1. The molecule has 5 heteroatoms. The molecule has 1 aromatic carbocycles. The number of likely N-dealkylation sites (N-methyl/N-ethyl adjacent to an activating group) is 1. The minimum Gasteiger partial charge on any atom is -0.383 e. The van der Waals surface area contributed by atoms with Crippen molar-refractivity contribution in [3.63, 3.8) is 0 Å². The Morgan fingerprint density at radius 3 is 2.67 bits per heavy atom. The minimum absolute atomic E-state index is 0.0559. The van der Waals surface area contributed by atoms with Crippen LogP contribution >= 0.6 is 0 Å².